The molecule has 0 saturated carbocycles. The Hall–Kier alpha value is -1.56. The predicted molar refractivity (Wildman–Crippen MR) is 130 cm³/mol. The fourth-order valence-corrected chi connectivity index (χ4v) is 3.62. The third kappa shape index (κ3) is 21.5. The van der Waals surface area contributed by atoms with E-state index in [0.717, 1.165) is 25.7 Å². The molecule has 0 aromatic rings. The first-order valence-corrected chi connectivity index (χ1v) is 12.7. The van der Waals surface area contributed by atoms with Crippen LogP contribution in [0.2, 0.25) is 0 Å². The minimum Gasteiger partial charge on any atom is -0.465 e. The first-order chi connectivity index (χ1) is 15.1. The molecule has 2 amide bonds. The summed E-state index contributed by atoms with van der Waals surface area (Å²) in [6.45, 7) is 3.42. The summed E-state index contributed by atoms with van der Waals surface area (Å²) in [5.74, 6) is -0.229. The van der Waals surface area contributed by atoms with Crippen molar-refractivity contribution < 1.29 is 14.7 Å². The molecule has 0 aliphatic carbocycles. The van der Waals surface area contributed by atoms with Crippen LogP contribution in [-0.2, 0) is 4.79 Å². The van der Waals surface area contributed by atoms with E-state index >= 15 is 0 Å². The summed E-state index contributed by atoms with van der Waals surface area (Å²) < 4.78 is 0. The topological polar surface area (TPSA) is 104 Å². The van der Waals surface area contributed by atoms with Crippen molar-refractivity contribution in [3.8, 4) is 0 Å². The Morgan fingerprint density at radius 1 is 0.806 bits per heavy atom. The zero-order valence-electron chi connectivity index (χ0n) is 20.0. The number of hydrogen-bond acceptors (Lipinski definition) is 3. The summed E-state index contributed by atoms with van der Waals surface area (Å²) >= 11 is 0. The van der Waals surface area contributed by atoms with Gasteiger partial charge in [-0.1, -0.05) is 76.9 Å². The molecule has 1 atom stereocenters. The van der Waals surface area contributed by atoms with Crippen LogP contribution in [0.5, 0.6) is 0 Å². The largest absolute Gasteiger partial charge is 0.465 e. The van der Waals surface area contributed by atoms with Gasteiger partial charge in [0.2, 0.25) is 5.91 Å². The van der Waals surface area contributed by atoms with Gasteiger partial charge in [0.25, 0.3) is 0 Å². The molecule has 0 rings (SSSR count). The van der Waals surface area contributed by atoms with Gasteiger partial charge in [-0.05, 0) is 57.9 Å². The number of carboxylic acid groups (broad SMARTS) is 1. The third-order valence-corrected chi connectivity index (χ3v) is 5.55. The van der Waals surface area contributed by atoms with Crippen LogP contribution in [0.4, 0.5) is 4.79 Å². The van der Waals surface area contributed by atoms with Gasteiger partial charge in [0.15, 0.2) is 0 Å². The molecule has 0 radical (unpaired) electrons. The number of rotatable bonds is 22. The van der Waals surface area contributed by atoms with Crippen molar-refractivity contribution in [2.24, 2.45) is 5.73 Å². The van der Waals surface area contributed by atoms with E-state index in [1.807, 2.05) is 0 Å². The lowest BCUT2D eigenvalue weighted by Crippen LogP contribution is -2.46. The highest BCUT2D eigenvalue weighted by Crippen LogP contribution is 2.10. The molecule has 0 heterocycles. The smallest absolute Gasteiger partial charge is 0.405 e. The number of carbonyl (C=O) groups excluding carboxylic acids is 1. The lowest BCUT2D eigenvalue weighted by Gasteiger charge is -2.16. The number of carbonyl (C=O) groups is 2. The molecule has 0 aliphatic heterocycles. The van der Waals surface area contributed by atoms with Gasteiger partial charge in [0.05, 0.1) is 0 Å². The second-order valence-corrected chi connectivity index (χ2v) is 8.52. The summed E-state index contributed by atoms with van der Waals surface area (Å²) in [7, 11) is 0. The molecule has 6 heteroatoms. The average Bonchev–Trinajstić information content (AvgIpc) is 2.75. The Kier molecular flexibility index (Phi) is 21.9. The first-order valence-electron chi connectivity index (χ1n) is 12.7. The van der Waals surface area contributed by atoms with Gasteiger partial charge >= 0.3 is 6.09 Å². The van der Waals surface area contributed by atoms with E-state index in [4.69, 9.17) is 10.8 Å². The molecular formula is C25H49N3O3. The number of nitrogens with two attached hydrogens (primary N) is 1. The van der Waals surface area contributed by atoms with Gasteiger partial charge in [0.1, 0.15) is 6.04 Å². The Morgan fingerprint density at radius 2 is 1.35 bits per heavy atom. The van der Waals surface area contributed by atoms with Crippen LogP contribution in [0.3, 0.4) is 0 Å². The molecule has 0 spiro atoms. The van der Waals surface area contributed by atoms with E-state index in [2.05, 4.69) is 29.7 Å². The molecule has 5 N–H and O–H groups in total. The lowest BCUT2D eigenvalue weighted by atomic mass is 10.1. The standard InChI is InChI=1S/C25H49N3O3/c1-2-3-4-5-6-7-8-9-10-11-12-13-14-15-16-19-22-27-24(29)23(28-25(30)31)20-17-18-21-26/h9-10,23,28H,2-8,11-22,26H2,1H3,(H,27,29)(H,30,31). The van der Waals surface area contributed by atoms with Gasteiger partial charge in [0, 0.05) is 6.54 Å². The molecule has 0 aromatic carbocycles. The highest BCUT2D eigenvalue weighted by Gasteiger charge is 2.19. The van der Waals surface area contributed by atoms with Crippen molar-refractivity contribution in [1.29, 1.82) is 0 Å². The maximum Gasteiger partial charge on any atom is 0.405 e. The van der Waals surface area contributed by atoms with Gasteiger partial charge in [-0.15, -0.1) is 0 Å². The second-order valence-electron chi connectivity index (χ2n) is 8.52. The maximum atomic E-state index is 12.2. The maximum absolute atomic E-state index is 12.2. The number of allylic oxidation sites excluding steroid dienone is 2. The Balaban J connectivity index is 3.53. The summed E-state index contributed by atoms with van der Waals surface area (Å²) in [6.07, 6.45) is 23.1. The Bertz CT molecular complexity index is 455. The third-order valence-electron chi connectivity index (χ3n) is 5.55. The van der Waals surface area contributed by atoms with Crippen molar-refractivity contribution in [1.82, 2.24) is 10.6 Å². The van der Waals surface area contributed by atoms with Crippen LogP contribution >= 0.6 is 0 Å². The van der Waals surface area contributed by atoms with E-state index in [1.54, 1.807) is 0 Å². The Labute approximate surface area is 190 Å². The van der Waals surface area contributed by atoms with E-state index in [9.17, 15) is 9.59 Å². The Morgan fingerprint density at radius 3 is 1.90 bits per heavy atom. The van der Waals surface area contributed by atoms with Crippen molar-refractivity contribution in [3.05, 3.63) is 12.2 Å². The monoisotopic (exact) mass is 439 g/mol. The van der Waals surface area contributed by atoms with Crippen LogP contribution in [-0.4, -0.2) is 36.2 Å². The van der Waals surface area contributed by atoms with Gasteiger partial charge in [-0.2, -0.15) is 0 Å². The summed E-state index contributed by atoms with van der Waals surface area (Å²) in [5, 5.41) is 14.1. The van der Waals surface area contributed by atoms with Crippen LogP contribution < -0.4 is 16.4 Å². The van der Waals surface area contributed by atoms with Gasteiger partial charge in [-0.3, -0.25) is 4.79 Å². The predicted octanol–water partition coefficient (Wildman–Crippen LogP) is 5.91. The number of amides is 2. The van der Waals surface area contributed by atoms with Crippen LogP contribution in [0.25, 0.3) is 0 Å². The lowest BCUT2D eigenvalue weighted by molar-refractivity contribution is -0.123. The summed E-state index contributed by atoms with van der Waals surface area (Å²) in [4.78, 5) is 23.0. The fourth-order valence-electron chi connectivity index (χ4n) is 3.62. The van der Waals surface area contributed by atoms with Crippen LogP contribution in [0.15, 0.2) is 12.2 Å². The van der Waals surface area contributed by atoms with E-state index in [-0.39, 0.29) is 5.91 Å². The first kappa shape index (κ1) is 29.4. The summed E-state index contributed by atoms with van der Waals surface area (Å²) in [5.41, 5.74) is 5.46. The zero-order chi connectivity index (χ0) is 23.0. The number of nitrogens with one attached hydrogen (secondary N) is 2. The van der Waals surface area contributed by atoms with Gasteiger partial charge < -0.3 is 21.5 Å². The number of unbranched alkanes of at least 4 members (excludes halogenated alkanes) is 13. The van der Waals surface area contributed by atoms with E-state index in [1.165, 1.54) is 77.0 Å². The highest BCUT2D eigenvalue weighted by molar-refractivity contribution is 5.85. The number of hydrogen-bond donors (Lipinski definition) is 4. The molecule has 6 nitrogen and oxygen atoms in total. The molecule has 1 unspecified atom stereocenters. The van der Waals surface area contributed by atoms with Crippen molar-refractivity contribution >= 4 is 12.0 Å². The minimum absolute atomic E-state index is 0.229. The average molecular weight is 440 g/mol. The van der Waals surface area contributed by atoms with Crippen LogP contribution in [0, 0.1) is 0 Å². The second kappa shape index (κ2) is 23.1. The molecule has 0 saturated heterocycles. The van der Waals surface area contributed by atoms with E-state index in [0.29, 0.717) is 19.5 Å². The summed E-state index contributed by atoms with van der Waals surface area (Å²) in [6, 6.07) is -0.682. The molecule has 0 fully saturated rings. The molecule has 0 aromatic heterocycles. The van der Waals surface area contributed by atoms with Crippen LogP contribution in [0.1, 0.15) is 116 Å². The minimum atomic E-state index is -1.16. The van der Waals surface area contributed by atoms with Crippen molar-refractivity contribution in [2.75, 3.05) is 13.1 Å². The molecule has 0 bridgehead atoms. The highest BCUT2D eigenvalue weighted by atomic mass is 16.4. The fraction of sp³-hybridized carbons (Fsp3) is 0.840. The van der Waals surface area contributed by atoms with Crippen molar-refractivity contribution in [3.63, 3.8) is 0 Å². The van der Waals surface area contributed by atoms with Gasteiger partial charge in [-0.25, -0.2) is 4.79 Å². The quantitative estimate of drug-likeness (QED) is 0.124. The van der Waals surface area contributed by atoms with E-state index < -0.39 is 12.1 Å². The normalized spacial score (nSPS) is 12.2. The molecule has 31 heavy (non-hydrogen) atoms. The molecule has 0 aliphatic rings. The molecule has 182 valence electrons. The zero-order valence-corrected chi connectivity index (χ0v) is 20.0. The van der Waals surface area contributed by atoms with Crippen molar-refractivity contribution in [2.45, 2.75) is 122 Å². The molecular weight excluding hydrogens is 390 g/mol. The SMILES string of the molecule is CCCCCCCCC=CCCCCCCCCNC(=O)C(CCCCN)NC(=O)O.